The summed E-state index contributed by atoms with van der Waals surface area (Å²) in [7, 11) is 1.89. The summed E-state index contributed by atoms with van der Waals surface area (Å²) >= 11 is 0. The molecule has 0 aliphatic heterocycles. The maximum absolute atomic E-state index is 10.7. The van der Waals surface area contributed by atoms with Crippen molar-refractivity contribution in [1.82, 2.24) is 10.3 Å². The fourth-order valence-corrected chi connectivity index (χ4v) is 1.14. The van der Waals surface area contributed by atoms with Gasteiger partial charge in [0.25, 0.3) is 0 Å². The van der Waals surface area contributed by atoms with Crippen molar-refractivity contribution in [2.75, 3.05) is 25.5 Å². The van der Waals surface area contributed by atoms with Crippen LogP contribution in [0.5, 0.6) is 0 Å². The van der Waals surface area contributed by atoms with Crippen molar-refractivity contribution in [2.45, 2.75) is 6.42 Å². The molecule has 1 rings (SSSR count). The summed E-state index contributed by atoms with van der Waals surface area (Å²) < 4.78 is 0. The van der Waals surface area contributed by atoms with Crippen LogP contribution in [0.3, 0.4) is 0 Å². The first-order chi connectivity index (χ1) is 7.24. The molecule has 0 aromatic carbocycles. The third kappa shape index (κ3) is 3.95. The van der Waals surface area contributed by atoms with E-state index in [9.17, 15) is 4.79 Å². The third-order valence-corrected chi connectivity index (χ3v) is 1.92. The minimum absolute atomic E-state index is 0.251. The topological polar surface area (TPSA) is 74.2 Å². The van der Waals surface area contributed by atoms with Crippen molar-refractivity contribution < 1.29 is 9.90 Å². The number of nitrogens with zero attached hydrogens (tertiary/aromatic N) is 1. The van der Waals surface area contributed by atoms with Crippen LogP contribution in [0, 0.1) is 0 Å². The molecule has 5 heteroatoms. The highest BCUT2D eigenvalue weighted by molar-refractivity contribution is 5.88. The van der Waals surface area contributed by atoms with Crippen LogP contribution < -0.4 is 10.6 Å². The van der Waals surface area contributed by atoms with Crippen LogP contribution in [0.15, 0.2) is 18.3 Å². The van der Waals surface area contributed by atoms with E-state index in [2.05, 4.69) is 15.6 Å². The lowest BCUT2D eigenvalue weighted by Crippen LogP contribution is -2.13. The van der Waals surface area contributed by atoms with Crippen LogP contribution in [0.1, 0.15) is 16.8 Å². The van der Waals surface area contributed by atoms with Crippen LogP contribution in [0.2, 0.25) is 0 Å². The molecule has 0 unspecified atom stereocenters. The van der Waals surface area contributed by atoms with Crippen LogP contribution in [-0.2, 0) is 0 Å². The van der Waals surface area contributed by atoms with Crippen molar-refractivity contribution in [3.05, 3.63) is 23.9 Å². The van der Waals surface area contributed by atoms with Gasteiger partial charge in [-0.2, -0.15) is 0 Å². The Hall–Kier alpha value is -1.62. The molecule has 1 aromatic heterocycles. The molecule has 0 spiro atoms. The molecular weight excluding hydrogens is 194 g/mol. The van der Waals surface area contributed by atoms with E-state index in [1.165, 1.54) is 18.3 Å². The van der Waals surface area contributed by atoms with E-state index in [0.717, 1.165) is 19.5 Å². The number of carboxylic acids is 1. The summed E-state index contributed by atoms with van der Waals surface area (Å²) in [6, 6.07) is 3.00. The van der Waals surface area contributed by atoms with Crippen LogP contribution in [0.4, 0.5) is 5.82 Å². The van der Waals surface area contributed by atoms with E-state index in [-0.39, 0.29) is 5.56 Å². The summed E-state index contributed by atoms with van der Waals surface area (Å²) in [4.78, 5) is 14.7. The Balaban J connectivity index is 2.47. The van der Waals surface area contributed by atoms with Gasteiger partial charge in [-0.1, -0.05) is 0 Å². The van der Waals surface area contributed by atoms with Gasteiger partial charge in [0.15, 0.2) is 0 Å². The number of aromatic carboxylic acids is 1. The average Bonchev–Trinajstić information content (AvgIpc) is 2.25. The van der Waals surface area contributed by atoms with Crippen molar-refractivity contribution in [3.8, 4) is 0 Å². The summed E-state index contributed by atoms with van der Waals surface area (Å²) in [6.07, 6.45) is 2.46. The zero-order valence-corrected chi connectivity index (χ0v) is 8.66. The lowest BCUT2D eigenvalue weighted by molar-refractivity contribution is 0.0697. The van der Waals surface area contributed by atoms with E-state index in [1.807, 2.05) is 7.05 Å². The maximum Gasteiger partial charge on any atom is 0.335 e. The maximum atomic E-state index is 10.7. The highest BCUT2D eigenvalue weighted by Gasteiger charge is 2.03. The highest BCUT2D eigenvalue weighted by Crippen LogP contribution is 2.06. The number of rotatable bonds is 6. The van der Waals surface area contributed by atoms with E-state index in [1.54, 1.807) is 0 Å². The van der Waals surface area contributed by atoms with Crippen molar-refractivity contribution in [3.63, 3.8) is 0 Å². The number of hydrogen-bond acceptors (Lipinski definition) is 4. The van der Waals surface area contributed by atoms with Crippen LogP contribution in [0.25, 0.3) is 0 Å². The number of anilines is 1. The van der Waals surface area contributed by atoms with Gasteiger partial charge < -0.3 is 15.7 Å². The molecule has 0 bridgehead atoms. The number of carboxylic acid groups (broad SMARTS) is 1. The Bertz CT molecular complexity index is 328. The van der Waals surface area contributed by atoms with E-state index in [0.29, 0.717) is 5.82 Å². The van der Waals surface area contributed by atoms with Gasteiger partial charge in [0.05, 0.1) is 5.56 Å². The molecule has 0 aliphatic rings. The Labute approximate surface area is 88.5 Å². The number of pyridine rings is 1. The third-order valence-electron chi connectivity index (χ3n) is 1.92. The molecule has 0 radical (unpaired) electrons. The van der Waals surface area contributed by atoms with Gasteiger partial charge in [-0.25, -0.2) is 9.78 Å². The molecule has 0 amide bonds. The van der Waals surface area contributed by atoms with E-state index < -0.39 is 5.97 Å². The first-order valence-electron chi connectivity index (χ1n) is 4.82. The molecule has 1 heterocycles. The molecule has 0 fully saturated rings. The van der Waals surface area contributed by atoms with Crippen molar-refractivity contribution in [2.24, 2.45) is 0 Å². The molecule has 0 saturated carbocycles. The second-order valence-corrected chi connectivity index (χ2v) is 3.12. The second-order valence-electron chi connectivity index (χ2n) is 3.12. The first kappa shape index (κ1) is 11.5. The van der Waals surface area contributed by atoms with Gasteiger partial charge in [0.2, 0.25) is 0 Å². The Kier molecular flexibility index (Phi) is 4.56. The summed E-state index contributed by atoms with van der Waals surface area (Å²) in [5, 5.41) is 14.8. The summed E-state index contributed by atoms with van der Waals surface area (Å²) in [5.74, 6) is -0.332. The molecule has 5 nitrogen and oxygen atoms in total. The minimum Gasteiger partial charge on any atom is -0.478 e. The molecule has 0 atom stereocenters. The monoisotopic (exact) mass is 209 g/mol. The SMILES string of the molecule is CNCCCNc1cc(C(=O)O)ccn1. The van der Waals surface area contributed by atoms with E-state index >= 15 is 0 Å². The number of aromatic nitrogens is 1. The van der Waals surface area contributed by atoms with Crippen molar-refractivity contribution in [1.29, 1.82) is 0 Å². The minimum atomic E-state index is -0.935. The summed E-state index contributed by atoms with van der Waals surface area (Å²) in [5.41, 5.74) is 0.251. The lowest BCUT2D eigenvalue weighted by atomic mass is 10.2. The molecule has 82 valence electrons. The summed E-state index contributed by atoms with van der Waals surface area (Å²) in [6.45, 7) is 1.70. The quantitative estimate of drug-likeness (QED) is 0.604. The van der Waals surface area contributed by atoms with Gasteiger partial charge in [-0.3, -0.25) is 0 Å². The van der Waals surface area contributed by atoms with Gasteiger partial charge in [0, 0.05) is 12.7 Å². The smallest absolute Gasteiger partial charge is 0.335 e. The Morgan fingerprint density at radius 2 is 2.33 bits per heavy atom. The number of carbonyl (C=O) groups is 1. The normalized spacial score (nSPS) is 9.93. The molecule has 15 heavy (non-hydrogen) atoms. The van der Waals surface area contributed by atoms with Crippen molar-refractivity contribution >= 4 is 11.8 Å². The number of nitrogens with one attached hydrogen (secondary N) is 2. The van der Waals surface area contributed by atoms with Gasteiger partial charge in [-0.15, -0.1) is 0 Å². The predicted molar refractivity (Wildman–Crippen MR) is 58.2 cm³/mol. The largest absolute Gasteiger partial charge is 0.478 e. The zero-order chi connectivity index (χ0) is 11.1. The van der Waals surface area contributed by atoms with Crippen LogP contribution >= 0.6 is 0 Å². The zero-order valence-electron chi connectivity index (χ0n) is 8.66. The number of hydrogen-bond donors (Lipinski definition) is 3. The molecular formula is C10H15N3O2. The highest BCUT2D eigenvalue weighted by atomic mass is 16.4. The molecule has 0 aliphatic carbocycles. The molecule has 3 N–H and O–H groups in total. The fraction of sp³-hybridized carbons (Fsp3) is 0.400. The standard InChI is InChI=1S/C10H15N3O2/c1-11-4-2-5-12-9-7-8(10(14)15)3-6-13-9/h3,6-7,11H,2,4-5H2,1H3,(H,12,13)(H,14,15). The second kappa shape index (κ2) is 5.98. The average molecular weight is 209 g/mol. The Morgan fingerprint density at radius 3 is 3.00 bits per heavy atom. The van der Waals surface area contributed by atoms with Gasteiger partial charge in [0.1, 0.15) is 5.82 Å². The fourth-order valence-electron chi connectivity index (χ4n) is 1.14. The predicted octanol–water partition coefficient (Wildman–Crippen LogP) is 0.801. The lowest BCUT2D eigenvalue weighted by Gasteiger charge is -2.05. The van der Waals surface area contributed by atoms with Gasteiger partial charge in [-0.05, 0) is 32.1 Å². The molecule has 1 aromatic rings. The van der Waals surface area contributed by atoms with E-state index in [4.69, 9.17) is 5.11 Å². The Morgan fingerprint density at radius 1 is 1.53 bits per heavy atom. The van der Waals surface area contributed by atoms with Crippen LogP contribution in [-0.4, -0.2) is 36.2 Å². The molecule has 0 saturated heterocycles. The van der Waals surface area contributed by atoms with Gasteiger partial charge >= 0.3 is 5.97 Å². The first-order valence-corrected chi connectivity index (χ1v) is 4.82.